The Bertz CT molecular complexity index is 57.1. The van der Waals surface area contributed by atoms with E-state index in [0.29, 0.717) is 4.71 Å². The topological polar surface area (TPSA) is 0 Å². The van der Waals surface area contributed by atoms with E-state index in [1.54, 1.807) is 0 Å². The molecule has 2 atom stereocenters. The van der Waals surface area contributed by atoms with Gasteiger partial charge in [0.25, 0.3) is 0 Å². The molecular weight excluding hydrogens is 128 g/mol. The van der Waals surface area contributed by atoms with E-state index >= 15 is 0 Å². The summed E-state index contributed by atoms with van der Waals surface area (Å²) >= 11 is 7.64. The van der Waals surface area contributed by atoms with E-state index in [4.69, 9.17) is 11.6 Å². The van der Waals surface area contributed by atoms with Crippen LogP contribution in [0.2, 0.25) is 0 Å². The molecule has 0 N–H and O–H groups in total. The number of halogens is 1. The predicted molar refractivity (Wildman–Crippen MR) is 35.9 cm³/mol. The minimum absolute atomic E-state index is 0.412. The molecular formula is C5H9ClS. The van der Waals surface area contributed by atoms with Crippen molar-refractivity contribution >= 4 is 23.4 Å². The third kappa shape index (κ3) is 1.54. The Morgan fingerprint density at radius 2 is 2.43 bits per heavy atom. The highest BCUT2D eigenvalue weighted by Crippen LogP contribution is 2.32. The van der Waals surface area contributed by atoms with Crippen molar-refractivity contribution < 1.29 is 0 Å². The summed E-state index contributed by atoms with van der Waals surface area (Å²) in [6, 6.07) is 0. The first kappa shape index (κ1) is 5.77. The minimum Gasteiger partial charge on any atom is -0.142 e. The molecule has 0 radical (unpaired) electrons. The van der Waals surface area contributed by atoms with Gasteiger partial charge >= 0.3 is 0 Å². The summed E-state index contributed by atoms with van der Waals surface area (Å²) in [5.74, 6) is 2.11. The Morgan fingerprint density at radius 3 is 2.57 bits per heavy atom. The van der Waals surface area contributed by atoms with E-state index in [9.17, 15) is 0 Å². The van der Waals surface area contributed by atoms with Gasteiger partial charge in [-0.2, -0.15) is 0 Å². The number of rotatable bonds is 0. The summed E-state index contributed by atoms with van der Waals surface area (Å²) in [6.45, 7) is 2.25. The fourth-order valence-corrected chi connectivity index (χ4v) is 2.38. The lowest BCUT2D eigenvalue weighted by Gasteiger charge is -1.92. The largest absolute Gasteiger partial charge is 0.142 e. The fourth-order valence-electron chi connectivity index (χ4n) is 0.721. The lowest BCUT2D eigenvalue weighted by molar-refractivity contribution is 0.656. The zero-order valence-corrected chi connectivity index (χ0v) is 5.93. The molecule has 0 aliphatic carbocycles. The Hall–Kier alpha value is 0.640. The first-order valence-corrected chi connectivity index (χ1v) is 4.03. The summed E-state index contributed by atoms with van der Waals surface area (Å²) in [6.07, 6.45) is 1.20. The maximum atomic E-state index is 5.77. The molecule has 0 aromatic rings. The molecule has 1 heterocycles. The number of alkyl halides is 1. The highest BCUT2D eigenvalue weighted by atomic mass is 35.5. The van der Waals surface area contributed by atoms with E-state index in [1.165, 1.54) is 12.2 Å². The molecule has 0 bridgehead atoms. The van der Waals surface area contributed by atoms with Crippen LogP contribution in [0.25, 0.3) is 0 Å². The Morgan fingerprint density at radius 1 is 1.71 bits per heavy atom. The zero-order chi connectivity index (χ0) is 5.28. The molecule has 0 amide bonds. The summed E-state index contributed by atoms with van der Waals surface area (Å²) in [4.78, 5) is 0. The van der Waals surface area contributed by atoms with Crippen LogP contribution in [-0.4, -0.2) is 10.5 Å². The quantitative estimate of drug-likeness (QED) is 0.461. The number of hydrogen-bond acceptors (Lipinski definition) is 1. The van der Waals surface area contributed by atoms with Gasteiger partial charge in [-0.25, -0.2) is 0 Å². The number of thioether (sulfide) groups is 1. The molecule has 2 unspecified atom stereocenters. The molecule has 2 heteroatoms. The molecule has 1 saturated heterocycles. The van der Waals surface area contributed by atoms with Crippen LogP contribution in [-0.2, 0) is 0 Å². The van der Waals surface area contributed by atoms with Gasteiger partial charge in [0, 0.05) is 0 Å². The molecule has 1 aliphatic rings. The average Bonchev–Trinajstić information content (AvgIpc) is 1.87. The SMILES string of the molecule is CC1CSC(Cl)C1. The highest BCUT2D eigenvalue weighted by molar-refractivity contribution is 8.01. The standard InChI is InChI=1S/C5H9ClS/c1-4-2-5(6)7-3-4/h4-5H,2-3H2,1H3. The fraction of sp³-hybridized carbons (Fsp3) is 1.00. The monoisotopic (exact) mass is 136 g/mol. The van der Waals surface area contributed by atoms with Crippen molar-refractivity contribution in [2.24, 2.45) is 5.92 Å². The van der Waals surface area contributed by atoms with Crippen molar-refractivity contribution in [1.29, 1.82) is 0 Å². The Balaban J connectivity index is 2.26. The molecule has 0 spiro atoms. The van der Waals surface area contributed by atoms with Gasteiger partial charge in [0.2, 0.25) is 0 Å². The summed E-state index contributed by atoms with van der Waals surface area (Å²) in [5.41, 5.74) is 0. The maximum absolute atomic E-state index is 5.77. The van der Waals surface area contributed by atoms with Crippen LogP contribution in [0.3, 0.4) is 0 Å². The molecule has 7 heavy (non-hydrogen) atoms. The van der Waals surface area contributed by atoms with Crippen LogP contribution in [0, 0.1) is 5.92 Å². The molecule has 1 rings (SSSR count). The normalized spacial score (nSPS) is 42.0. The van der Waals surface area contributed by atoms with Gasteiger partial charge in [0.05, 0.1) is 4.71 Å². The van der Waals surface area contributed by atoms with Crippen LogP contribution in [0.1, 0.15) is 13.3 Å². The van der Waals surface area contributed by atoms with E-state index in [0.717, 1.165) is 5.92 Å². The van der Waals surface area contributed by atoms with Gasteiger partial charge in [0.15, 0.2) is 0 Å². The molecule has 0 aromatic carbocycles. The van der Waals surface area contributed by atoms with Crippen LogP contribution in [0.4, 0.5) is 0 Å². The van der Waals surface area contributed by atoms with Gasteiger partial charge in [-0.1, -0.05) is 6.92 Å². The minimum atomic E-state index is 0.412. The maximum Gasteiger partial charge on any atom is 0.0791 e. The van der Waals surface area contributed by atoms with Crippen molar-refractivity contribution in [3.63, 3.8) is 0 Å². The van der Waals surface area contributed by atoms with Gasteiger partial charge in [-0.15, -0.1) is 23.4 Å². The second kappa shape index (κ2) is 2.27. The first-order chi connectivity index (χ1) is 3.29. The third-order valence-electron chi connectivity index (χ3n) is 1.15. The summed E-state index contributed by atoms with van der Waals surface area (Å²) in [5, 5.41) is 0. The van der Waals surface area contributed by atoms with E-state index in [2.05, 4.69) is 6.92 Å². The summed E-state index contributed by atoms with van der Waals surface area (Å²) < 4.78 is 0.412. The number of hydrogen-bond donors (Lipinski definition) is 0. The lowest BCUT2D eigenvalue weighted by Crippen LogP contribution is -1.88. The highest BCUT2D eigenvalue weighted by Gasteiger charge is 2.18. The molecule has 1 aliphatic heterocycles. The van der Waals surface area contributed by atoms with Crippen molar-refractivity contribution in [2.45, 2.75) is 18.1 Å². The van der Waals surface area contributed by atoms with Gasteiger partial charge in [-0.05, 0) is 18.1 Å². The van der Waals surface area contributed by atoms with E-state index in [1.807, 2.05) is 11.8 Å². The van der Waals surface area contributed by atoms with Crippen LogP contribution >= 0.6 is 23.4 Å². The van der Waals surface area contributed by atoms with Gasteiger partial charge in [-0.3, -0.25) is 0 Å². The molecule has 0 aromatic heterocycles. The van der Waals surface area contributed by atoms with Crippen molar-refractivity contribution in [2.75, 3.05) is 5.75 Å². The Labute approximate surface area is 53.6 Å². The van der Waals surface area contributed by atoms with Crippen LogP contribution in [0.5, 0.6) is 0 Å². The Kier molecular flexibility index (Phi) is 1.87. The average molecular weight is 137 g/mol. The van der Waals surface area contributed by atoms with Crippen molar-refractivity contribution in [1.82, 2.24) is 0 Å². The predicted octanol–water partition coefficient (Wildman–Crippen LogP) is 2.32. The third-order valence-corrected chi connectivity index (χ3v) is 3.02. The lowest BCUT2D eigenvalue weighted by atomic mass is 10.2. The summed E-state index contributed by atoms with van der Waals surface area (Å²) in [7, 11) is 0. The van der Waals surface area contributed by atoms with Gasteiger partial charge < -0.3 is 0 Å². The van der Waals surface area contributed by atoms with Crippen LogP contribution in [0.15, 0.2) is 0 Å². The molecule has 42 valence electrons. The van der Waals surface area contributed by atoms with Gasteiger partial charge in [0.1, 0.15) is 0 Å². The first-order valence-electron chi connectivity index (χ1n) is 2.54. The van der Waals surface area contributed by atoms with E-state index in [-0.39, 0.29) is 0 Å². The molecule has 0 saturated carbocycles. The second-order valence-corrected chi connectivity index (χ2v) is 4.11. The molecule has 0 nitrogen and oxygen atoms in total. The van der Waals surface area contributed by atoms with Crippen molar-refractivity contribution in [3.05, 3.63) is 0 Å². The van der Waals surface area contributed by atoms with Crippen LogP contribution < -0.4 is 0 Å². The second-order valence-electron chi connectivity index (χ2n) is 2.08. The molecule has 1 fully saturated rings. The van der Waals surface area contributed by atoms with Crippen molar-refractivity contribution in [3.8, 4) is 0 Å². The van der Waals surface area contributed by atoms with E-state index < -0.39 is 0 Å². The smallest absolute Gasteiger partial charge is 0.0791 e. The zero-order valence-electron chi connectivity index (χ0n) is 4.36.